The molecule has 110 valence electrons. The van der Waals surface area contributed by atoms with Crippen LogP contribution in [0.2, 0.25) is 0 Å². The molecule has 1 atom stereocenters. The van der Waals surface area contributed by atoms with E-state index in [9.17, 15) is 4.79 Å². The molecule has 1 amide bonds. The average molecular weight is 300 g/mol. The molecule has 4 heteroatoms. The van der Waals surface area contributed by atoms with Gasteiger partial charge in [-0.15, -0.1) is 11.3 Å². The number of carbonyl (C=O) groups is 1. The van der Waals surface area contributed by atoms with E-state index in [0.717, 1.165) is 30.6 Å². The molecule has 1 aromatic heterocycles. The Kier molecular flexibility index (Phi) is 4.25. The molecule has 0 saturated heterocycles. The predicted octanol–water partition coefficient (Wildman–Crippen LogP) is 4.66. The highest BCUT2D eigenvalue weighted by Crippen LogP contribution is 2.31. The van der Waals surface area contributed by atoms with Crippen molar-refractivity contribution in [3.05, 3.63) is 46.7 Å². The summed E-state index contributed by atoms with van der Waals surface area (Å²) >= 11 is 1.77. The molecular formula is C17H20N2OS. The van der Waals surface area contributed by atoms with Crippen LogP contribution >= 0.6 is 11.3 Å². The fraction of sp³-hybridized carbons (Fsp3) is 0.353. The number of benzene rings is 1. The van der Waals surface area contributed by atoms with Gasteiger partial charge in [-0.25, -0.2) is 0 Å². The monoisotopic (exact) mass is 300 g/mol. The minimum atomic E-state index is 0.150. The van der Waals surface area contributed by atoms with Crippen LogP contribution in [0.3, 0.4) is 0 Å². The van der Waals surface area contributed by atoms with E-state index in [0.29, 0.717) is 6.04 Å². The molecule has 1 aromatic carbocycles. The maximum atomic E-state index is 11.8. The van der Waals surface area contributed by atoms with Gasteiger partial charge in [-0.05, 0) is 48.9 Å². The maximum Gasteiger partial charge on any atom is 0.227 e. The van der Waals surface area contributed by atoms with E-state index in [2.05, 4.69) is 35.1 Å². The number of hydrogen-bond donors (Lipinski definition) is 2. The first-order chi connectivity index (χ1) is 10.3. The molecule has 0 spiro atoms. The Balaban J connectivity index is 1.68. The Morgan fingerprint density at radius 2 is 2.10 bits per heavy atom. The normalized spacial score (nSPS) is 15.5. The fourth-order valence-electron chi connectivity index (χ4n) is 2.34. The second-order valence-corrected chi connectivity index (χ2v) is 6.44. The molecule has 3 nitrogen and oxygen atoms in total. The van der Waals surface area contributed by atoms with Crippen LogP contribution in [-0.4, -0.2) is 5.91 Å². The summed E-state index contributed by atoms with van der Waals surface area (Å²) in [5.41, 5.74) is 1.92. The van der Waals surface area contributed by atoms with Crippen molar-refractivity contribution < 1.29 is 4.79 Å². The van der Waals surface area contributed by atoms with Gasteiger partial charge in [-0.3, -0.25) is 4.79 Å². The van der Waals surface area contributed by atoms with Crippen LogP contribution in [0.4, 0.5) is 11.4 Å². The van der Waals surface area contributed by atoms with Crippen molar-refractivity contribution in [2.24, 2.45) is 5.92 Å². The van der Waals surface area contributed by atoms with Gasteiger partial charge in [0.2, 0.25) is 5.91 Å². The largest absolute Gasteiger partial charge is 0.377 e. The number of nitrogens with one attached hydrogen (secondary N) is 2. The molecule has 3 rings (SSSR count). The third kappa shape index (κ3) is 3.64. The number of rotatable bonds is 6. The van der Waals surface area contributed by atoms with Crippen molar-refractivity contribution in [3.63, 3.8) is 0 Å². The number of anilines is 2. The zero-order chi connectivity index (χ0) is 14.7. The highest BCUT2D eigenvalue weighted by molar-refractivity contribution is 7.10. The van der Waals surface area contributed by atoms with E-state index in [1.807, 2.05) is 24.3 Å². The van der Waals surface area contributed by atoms with Crippen molar-refractivity contribution in [3.8, 4) is 0 Å². The van der Waals surface area contributed by atoms with Gasteiger partial charge in [0.25, 0.3) is 0 Å². The Morgan fingerprint density at radius 1 is 1.29 bits per heavy atom. The number of thiophene rings is 1. The molecule has 2 N–H and O–H groups in total. The molecule has 2 aromatic rings. The van der Waals surface area contributed by atoms with Gasteiger partial charge >= 0.3 is 0 Å². The summed E-state index contributed by atoms with van der Waals surface area (Å²) in [5.74, 6) is 0.383. The van der Waals surface area contributed by atoms with Crippen molar-refractivity contribution in [1.29, 1.82) is 0 Å². The van der Waals surface area contributed by atoms with Crippen LogP contribution < -0.4 is 10.6 Å². The molecule has 1 unspecified atom stereocenters. The molecule has 1 aliphatic carbocycles. The summed E-state index contributed by atoms with van der Waals surface area (Å²) in [7, 11) is 0. The summed E-state index contributed by atoms with van der Waals surface area (Å²) in [4.78, 5) is 13.2. The third-order valence-corrected chi connectivity index (χ3v) is 4.70. The SMILES string of the molecule is CCC(Nc1cccc(NC(=O)C2CC2)c1)c1cccs1. The second kappa shape index (κ2) is 6.31. The van der Waals surface area contributed by atoms with Crippen molar-refractivity contribution >= 4 is 28.6 Å². The lowest BCUT2D eigenvalue weighted by Crippen LogP contribution is -2.13. The van der Waals surface area contributed by atoms with Gasteiger partial charge in [-0.2, -0.15) is 0 Å². The van der Waals surface area contributed by atoms with Gasteiger partial charge in [-0.1, -0.05) is 19.1 Å². The molecule has 1 aliphatic rings. The smallest absolute Gasteiger partial charge is 0.227 e. The van der Waals surface area contributed by atoms with Gasteiger partial charge in [0.1, 0.15) is 0 Å². The highest BCUT2D eigenvalue weighted by Gasteiger charge is 2.29. The fourth-order valence-corrected chi connectivity index (χ4v) is 3.20. The van der Waals surface area contributed by atoms with Crippen LogP contribution in [0.15, 0.2) is 41.8 Å². The van der Waals surface area contributed by atoms with E-state index in [-0.39, 0.29) is 11.8 Å². The summed E-state index contributed by atoms with van der Waals surface area (Å²) in [6, 6.07) is 12.5. The topological polar surface area (TPSA) is 41.1 Å². The lowest BCUT2D eigenvalue weighted by molar-refractivity contribution is -0.117. The first kappa shape index (κ1) is 14.1. The first-order valence-electron chi connectivity index (χ1n) is 7.47. The lowest BCUT2D eigenvalue weighted by atomic mass is 10.1. The molecule has 21 heavy (non-hydrogen) atoms. The summed E-state index contributed by atoms with van der Waals surface area (Å²) in [5, 5.41) is 8.65. The standard InChI is InChI=1S/C17H20N2OS/c1-2-15(16-7-4-10-21-16)18-13-5-3-6-14(11-13)19-17(20)12-8-9-12/h3-7,10-12,15,18H,2,8-9H2,1H3,(H,19,20). The first-order valence-corrected chi connectivity index (χ1v) is 8.35. The minimum Gasteiger partial charge on any atom is -0.377 e. The Hall–Kier alpha value is -1.81. The Bertz CT molecular complexity index is 605. The van der Waals surface area contributed by atoms with Crippen molar-refractivity contribution in [2.75, 3.05) is 10.6 Å². The Morgan fingerprint density at radius 3 is 2.76 bits per heavy atom. The van der Waals surface area contributed by atoms with Crippen molar-refractivity contribution in [1.82, 2.24) is 0 Å². The van der Waals surface area contributed by atoms with E-state index in [1.165, 1.54) is 4.88 Å². The van der Waals surface area contributed by atoms with Crippen LogP contribution in [0.1, 0.15) is 37.1 Å². The van der Waals surface area contributed by atoms with Crippen LogP contribution in [-0.2, 0) is 4.79 Å². The third-order valence-electron chi connectivity index (χ3n) is 3.71. The highest BCUT2D eigenvalue weighted by atomic mass is 32.1. The van der Waals surface area contributed by atoms with Crippen LogP contribution in [0.25, 0.3) is 0 Å². The van der Waals surface area contributed by atoms with E-state index >= 15 is 0 Å². The zero-order valence-corrected chi connectivity index (χ0v) is 13.0. The van der Waals surface area contributed by atoms with Crippen LogP contribution in [0.5, 0.6) is 0 Å². The Labute approximate surface area is 129 Å². The van der Waals surface area contributed by atoms with Gasteiger partial charge in [0.15, 0.2) is 0 Å². The molecule has 1 saturated carbocycles. The quantitative estimate of drug-likeness (QED) is 0.814. The van der Waals surface area contributed by atoms with Crippen LogP contribution in [0, 0.1) is 5.92 Å². The van der Waals surface area contributed by atoms with Crippen molar-refractivity contribution in [2.45, 2.75) is 32.2 Å². The van der Waals surface area contributed by atoms with E-state index < -0.39 is 0 Å². The average Bonchev–Trinajstić information content (AvgIpc) is 3.21. The summed E-state index contributed by atoms with van der Waals surface area (Å²) < 4.78 is 0. The predicted molar refractivity (Wildman–Crippen MR) is 88.8 cm³/mol. The minimum absolute atomic E-state index is 0.150. The molecule has 1 fully saturated rings. The van der Waals surface area contributed by atoms with Gasteiger partial charge in [0.05, 0.1) is 6.04 Å². The second-order valence-electron chi connectivity index (χ2n) is 5.46. The zero-order valence-electron chi connectivity index (χ0n) is 12.1. The molecular weight excluding hydrogens is 280 g/mol. The van der Waals surface area contributed by atoms with Gasteiger partial charge < -0.3 is 10.6 Å². The molecule has 0 radical (unpaired) electrons. The van der Waals surface area contributed by atoms with E-state index in [4.69, 9.17) is 0 Å². The number of amides is 1. The van der Waals surface area contributed by atoms with E-state index in [1.54, 1.807) is 11.3 Å². The lowest BCUT2D eigenvalue weighted by Gasteiger charge is -2.17. The molecule has 0 bridgehead atoms. The number of carbonyl (C=O) groups excluding carboxylic acids is 1. The maximum absolute atomic E-state index is 11.8. The number of hydrogen-bond acceptors (Lipinski definition) is 3. The molecule has 1 heterocycles. The van der Waals surface area contributed by atoms with Gasteiger partial charge in [0, 0.05) is 22.2 Å². The molecule has 0 aliphatic heterocycles. The summed E-state index contributed by atoms with van der Waals surface area (Å²) in [6.07, 6.45) is 3.08. The summed E-state index contributed by atoms with van der Waals surface area (Å²) in [6.45, 7) is 2.18.